The van der Waals surface area contributed by atoms with E-state index in [4.69, 9.17) is 10.2 Å². The first-order valence-electron chi connectivity index (χ1n) is 15.9. The van der Waals surface area contributed by atoms with Gasteiger partial charge < -0.3 is 24.6 Å². The van der Waals surface area contributed by atoms with Crippen LogP contribution < -0.4 is 5.11 Å². The maximum Gasteiger partial charge on any atom is 0.303 e. The van der Waals surface area contributed by atoms with Gasteiger partial charge in [-0.25, -0.2) is 0 Å². The first-order valence-corrected chi connectivity index (χ1v) is 15.9. The van der Waals surface area contributed by atoms with Crippen molar-refractivity contribution in [1.82, 2.24) is 0 Å². The zero-order valence-electron chi connectivity index (χ0n) is 25.0. The van der Waals surface area contributed by atoms with Crippen LogP contribution in [0.2, 0.25) is 0 Å². The molecule has 2 N–H and O–H groups in total. The summed E-state index contributed by atoms with van der Waals surface area (Å²) < 4.78 is 0.848. The SMILES string of the molecule is C/C=C/CCCCCCCCCCCCCC[N+](CCCCC(=O)[O-])(CCCCC(=O)O)CCCCC(=O)O. The van der Waals surface area contributed by atoms with Gasteiger partial charge in [-0.05, 0) is 77.6 Å². The van der Waals surface area contributed by atoms with Gasteiger partial charge in [0, 0.05) is 18.8 Å². The van der Waals surface area contributed by atoms with Gasteiger partial charge in [0.05, 0.1) is 26.2 Å². The molecule has 0 aromatic heterocycles. The monoisotopic (exact) mass is 553 g/mol. The van der Waals surface area contributed by atoms with Crippen molar-refractivity contribution in [3.8, 4) is 0 Å². The van der Waals surface area contributed by atoms with E-state index in [1.807, 2.05) is 0 Å². The Balaban J connectivity index is 4.46. The van der Waals surface area contributed by atoms with Gasteiger partial charge in [-0.3, -0.25) is 9.59 Å². The van der Waals surface area contributed by atoms with Gasteiger partial charge in [-0.1, -0.05) is 69.9 Å². The minimum atomic E-state index is -1.02. The topological polar surface area (TPSA) is 115 Å². The van der Waals surface area contributed by atoms with Crippen LogP contribution in [0.3, 0.4) is 0 Å². The fraction of sp³-hybridized carbons (Fsp3) is 0.844. The summed E-state index contributed by atoms with van der Waals surface area (Å²) in [6.07, 6.45) is 25.8. The fourth-order valence-corrected chi connectivity index (χ4v) is 5.48. The van der Waals surface area contributed by atoms with E-state index in [0.29, 0.717) is 19.3 Å². The number of carboxylic acids is 3. The minimum absolute atomic E-state index is 0.0641. The van der Waals surface area contributed by atoms with Gasteiger partial charge in [-0.2, -0.15) is 0 Å². The summed E-state index contributed by atoms with van der Waals surface area (Å²) in [6, 6.07) is 0. The Morgan fingerprint density at radius 2 is 0.872 bits per heavy atom. The molecule has 0 aliphatic carbocycles. The third-order valence-corrected chi connectivity index (χ3v) is 7.80. The summed E-state index contributed by atoms with van der Waals surface area (Å²) in [7, 11) is 0. The predicted octanol–water partition coefficient (Wildman–Crippen LogP) is 6.88. The molecule has 0 heterocycles. The molecule has 0 saturated heterocycles. The largest absolute Gasteiger partial charge is 0.550 e. The molecule has 7 nitrogen and oxygen atoms in total. The molecule has 0 bridgehead atoms. The van der Waals surface area contributed by atoms with E-state index >= 15 is 0 Å². The van der Waals surface area contributed by atoms with Crippen LogP contribution in [0.25, 0.3) is 0 Å². The molecule has 0 aliphatic heterocycles. The number of unbranched alkanes of at least 4 members (excludes halogenated alkanes) is 15. The average molecular weight is 554 g/mol. The molecule has 0 spiro atoms. The highest BCUT2D eigenvalue weighted by Crippen LogP contribution is 2.20. The summed E-state index contributed by atoms with van der Waals surface area (Å²) in [6.45, 7) is 5.70. The zero-order chi connectivity index (χ0) is 29.0. The molecule has 0 unspecified atom stereocenters. The second kappa shape index (κ2) is 26.3. The van der Waals surface area contributed by atoms with Crippen LogP contribution in [0.15, 0.2) is 12.2 Å². The van der Waals surface area contributed by atoms with Crippen molar-refractivity contribution >= 4 is 17.9 Å². The van der Waals surface area contributed by atoms with E-state index in [1.54, 1.807) is 0 Å². The summed E-state index contributed by atoms with van der Waals surface area (Å²) in [5, 5.41) is 28.9. The van der Waals surface area contributed by atoms with Gasteiger partial charge in [0.25, 0.3) is 0 Å². The van der Waals surface area contributed by atoms with E-state index in [9.17, 15) is 19.5 Å². The zero-order valence-corrected chi connectivity index (χ0v) is 25.0. The average Bonchev–Trinajstić information content (AvgIpc) is 2.89. The third kappa shape index (κ3) is 26.1. The number of hydrogen-bond acceptors (Lipinski definition) is 4. The van der Waals surface area contributed by atoms with Crippen molar-refractivity contribution in [1.29, 1.82) is 0 Å². The number of rotatable bonds is 30. The number of carbonyl (C=O) groups is 3. The van der Waals surface area contributed by atoms with Crippen molar-refractivity contribution in [3.05, 3.63) is 12.2 Å². The van der Waals surface area contributed by atoms with Crippen molar-refractivity contribution in [3.63, 3.8) is 0 Å². The molecule has 0 radical (unpaired) electrons. The highest BCUT2D eigenvalue weighted by atomic mass is 16.4. The van der Waals surface area contributed by atoms with Gasteiger partial charge in [0.15, 0.2) is 0 Å². The normalized spacial score (nSPS) is 11.8. The fourth-order valence-electron chi connectivity index (χ4n) is 5.48. The molecule has 0 aromatic carbocycles. The van der Waals surface area contributed by atoms with Crippen LogP contribution in [0.1, 0.15) is 148 Å². The molecule has 0 rings (SSSR count). The van der Waals surface area contributed by atoms with Crippen molar-refractivity contribution in [2.75, 3.05) is 26.2 Å². The van der Waals surface area contributed by atoms with E-state index in [2.05, 4.69) is 19.1 Å². The number of aliphatic carboxylic acids is 3. The number of nitrogens with zero attached hydrogens (tertiary/aromatic N) is 1. The van der Waals surface area contributed by atoms with Crippen molar-refractivity contribution in [2.24, 2.45) is 0 Å². The van der Waals surface area contributed by atoms with Crippen LogP contribution in [-0.4, -0.2) is 58.8 Å². The predicted molar refractivity (Wildman–Crippen MR) is 156 cm³/mol. The molecule has 0 fully saturated rings. The second-order valence-corrected chi connectivity index (χ2v) is 11.4. The molecular weight excluding hydrogens is 494 g/mol. The Morgan fingerprint density at radius 3 is 1.23 bits per heavy atom. The summed E-state index contributed by atoms with van der Waals surface area (Å²) >= 11 is 0. The highest BCUT2D eigenvalue weighted by molar-refractivity contribution is 5.66. The first-order chi connectivity index (χ1) is 18.8. The Morgan fingerprint density at radius 1 is 0.538 bits per heavy atom. The summed E-state index contributed by atoms with van der Waals surface area (Å²) in [4.78, 5) is 32.8. The minimum Gasteiger partial charge on any atom is -0.550 e. The second-order valence-electron chi connectivity index (χ2n) is 11.4. The van der Waals surface area contributed by atoms with E-state index < -0.39 is 17.9 Å². The molecule has 228 valence electrons. The van der Waals surface area contributed by atoms with E-state index in [-0.39, 0.29) is 19.3 Å². The standard InChI is InChI=1S/C32H59NO6/c1-2-3-4-5-6-7-8-9-10-11-12-13-14-15-19-26-33(27-20-16-23-30(34)35,28-21-17-24-31(36)37)29-22-18-25-32(38)39/h2-3H,4-29H2,1H3,(H2-,34,35,36,37,38,39)/b3-2+. The Kier molecular flexibility index (Phi) is 25.1. The number of hydrogen-bond donors (Lipinski definition) is 2. The molecule has 7 heteroatoms. The number of carbonyl (C=O) groups excluding carboxylic acids is 1. The molecule has 0 atom stereocenters. The Labute approximate surface area is 238 Å². The Bertz CT molecular complexity index is 594. The maximum absolute atomic E-state index is 11.0. The number of quaternary nitrogens is 1. The van der Waals surface area contributed by atoms with Crippen LogP contribution in [0.4, 0.5) is 0 Å². The lowest BCUT2D eigenvalue weighted by molar-refractivity contribution is -0.929. The maximum atomic E-state index is 11.0. The third-order valence-electron chi connectivity index (χ3n) is 7.80. The molecule has 0 amide bonds. The van der Waals surface area contributed by atoms with Gasteiger partial charge >= 0.3 is 11.9 Å². The van der Waals surface area contributed by atoms with Crippen LogP contribution in [0.5, 0.6) is 0 Å². The van der Waals surface area contributed by atoms with E-state index in [1.165, 1.54) is 77.0 Å². The highest BCUT2D eigenvalue weighted by Gasteiger charge is 2.26. The Hall–Kier alpha value is -1.89. The van der Waals surface area contributed by atoms with Crippen molar-refractivity contribution < 1.29 is 34.2 Å². The summed E-state index contributed by atoms with van der Waals surface area (Å²) in [5.41, 5.74) is 0. The lowest BCUT2D eigenvalue weighted by atomic mass is 10.0. The van der Waals surface area contributed by atoms with Crippen LogP contribution in [-0.2, 0) is 14.4 Å². The summed E-state index contributed by atoms with van der Waals surface area (Å²) in [5.74, 6) is -2.57. The van der Waals surface area contributed by atoms with Gasteiger partial charge in [-0.15, -0.1) is 0 Å². The van der Waals surface area contributed by atoms with Gasteiger partial charge in [0.1, 0.15) is 0 Å². The number of carboxylic acid groups (broad SMARTS) is 3. The molecule has 0 aliphatic rings. The first kappa shape index (κ1) is 37.1. The number of allylic oxidation sites excluding steroid dienone is 2. The molecule has 39 heavy (non-hydrogen) atoms. The van der Waals surface area contributed by atoms with Crippen LogP contribution in [0, 0.1) is 0 Å². The molecule has 0 saturated carbocycles. The van der Waals surface area contributed by atoms with Crippen LogP contribution >= 0.6 is 0 Å². The molecular formula is C32H59NO6. The smallest absolute Gasteiger partial charge is 0.303 e. The molecule has 0 aromatic rings. The van der Waals surface area contributed by atoms with E-state index in [0.717, 1.165) is 56.3 Å². The lowest BCUT2D eigenvalue weighted by Crippen LogP contribution is -2.51. The van der Waals surface area contributed by atoms with Gasteiger partial charge in [0.2, 0.25) is 0 Å². The lowest BCUT2D eigenvalue weighted by Gasteiger charge is -2.39. The van der Waals surface area contributed by atoms with Crippen molar-refractivity contribution in [2.45, 2.75) is 148 Å². The quantitative estimate of drug-likeness (QED) is 0.0569.